The van der Waals surface area contributed by atoms with Gasteiger partial charge < -0.3 is 36.5 Å². The van der Waals surface area contributed by atoms with Gasteiger partial charge in [0.05, 0.1) is 13.7 Å². The molecule has 0 spiro atoms. The number of rotatable bonds is 9. The van der Waals surface area contributed by atoms with Crippen molar-refractivity contribution in [3.8, 4) is 5.75 Å². The number of benzene rings is 2. The lowest BCUT2D eigenvalue weighted by atomic mass is 10.0. The van der Waals surface area contributed by atoms with Crippen LogP contribution in [0.15, 0.2) is 60.8 Å². The molecule has 1 fully saturated rings. The summed E-state index contributed by atoms with van der Waals surface area (Å²) < 4.78 is 5.23. The number of nitrogens with one attached hydrogen (secondary N) is 2. The highest BCUT2D eigenvalue weighted by Gasteiger charge is 2.37. The fourth-order valence-corrected chi connectivity index (χ4v) is 3.91. The van der Waals surface area contributed by atoms with Crippen LogP contribution in [-0.4, -0.2) is 69.1 Å². The second-order valence-corrected chi connectivity index (χ2v) is 8.22. The van der Waals surface area contributed by atoms with Crippen LogP contribution in [0.1, 0.15) is 16.7 Å². The number of H-pyrrole nitrogens is 1. The maximum Gasteiger partial charge on any atom is 0.328 e. The molecular weight excluding hydrogens is 496 g/mol. The highest BCUT2D eigenvalue weighted by Crippen LogP contribution is 2.23. The molecule has 12 nitrogen and oxygen atoms in total. The van der Waals surface area contributed by atoms with Gasteiger partial charge in [-0.25, -0.2) is 14.4 Å². The van der Waals surface area contributed by atoms with E-state index in [9.17, 15) is 19.2 Å². The van der Waals surface area contributed by atoms with Crippen LogP contribution in [0.2, 0.25) is 0 Å². The highest BCUT2D eigenvalue weighted by molar-refractivity contribution is 6.04. The van der Waals surface area contributed by atoms with Gasteiger partial charge >= 0.3 is 18.0 Å². The van der Waals surface area contributed by atoms with Crippen molar-refractivity contribution in [3.63, 3.8) is 0 Å². The third kappa shape index (κ3) is 7.66. The normalized spacial score (nSPS) is 14.6. The third-order valence-electron chi connectivity index (χ3n) is 5.64. The number of fused-ring (bicyclic) bond motifs is 1. The minimum absolute atomic E-state index is 0. The van der Waals surface area contributed by atoms with Crippen molar-refractivity contribution in [2.45, 2.75) is 25.4 Å². The zero-order chi connectivity index (χ0) is 26.9. The number of carboxylic acid groups (broad SMARTS) is 2. The summed E-state index contributed by atoms with van der Waals surface area (Å²) in [6.45, 7) is 0.804. The summed E-state index contributed by atoms with van der Waals surface area (Å²) in [5.41, 5.74) is 9.68. The van der Waals surface area contributed by atoms with Gasteiger partial charge in [0.25, 0.3) is 5.91 Å². The number of nitrogens with two attached hydrogens (primary N) is 1. The molecule has 38 heavy (non-hydrogen) atoms. The first-order valence-electron chi connectivity index (χ1n) is 11.4. The summed E-state index contributed by atoms with van der Waals surface area (Å²) >= 11 is 0. The van der Waals surface area contributed by atoms with Crippen molar-refractivity contribution in [1.29, 1.82) is 0 Å². The van der Waals surface area contributed by atoms with Gasteiger partial charge in [0, 0.05) is 35.7 Å². The van der Waals surface area contributed by atoms with Crippen LogP contribution >= 0.6 is 0 Å². The number of ether oxygens (including phenoxy) is 1. The number of hydrogen-bond donors (Lipinski definition) is 5. The molecule has 4 rings (SSSR count). The van der Waals surface area contributed by atoms with E-state index in [4.69, 9.17) is 20.7 Å². The Kier molecular flexibility index (Phi) is 10.6. The number of hydrogen-bond acceptors (Lipinski definition) is 6. The molecule has 202 valence electrons. The fourth-order valence-electron chi connectivity index (χ4n) is 3.91. The Morgan fingerprint density at radius 3 is 2.42 bits per heavy atom. The van der Waals surface area contributed by atoms with E-state index < -0.39 is 18.0 Å². The summed E-state index contributed by atoms with van der Waals surface area (Å²) in [5, 5.41) is 19.5. The topological polar surface area (TPSA) is 207 Å². The molecule has 0 aliphatic carbocycles. The molecule has 1 saturated heterocycles. The van der Waals surface area contributed by atoms with Crippen LogP contribution in [-0.2, 0) is 33.8 Å². The van der Waals surface area contributed by atoms with Crippen molar-refractivity contribution in [2.24, 2.45) is 5.73 Å². The number of aliphatic carboxylic acids is 2. The molecule has 1 aromatic heterocycles. The Morgan fingerprint density at radius 1 is 1.08 bits per heavy atom. The number of nitrogens with zero attached hydrogens (tertiary/aromatic N) is 1. The Hall–Kier alpha value is -4.68. The quantitative estimate of drug-likeness (QED) is 0.202. The first kappa shape index (κ1) is 29.5. The molecule has 8 N–H and O–H groups in total. The highest BCUT2D eigenvalue weighted by atomic mass is 16.5. The van der Waals surface area contributed by atoms with Crippen LogP contribution in [0, 0.1) is 0 Å². The van der Waals surface area contributed by atoms with Gasteiger partial charge in [0.15, 0.2) is 0 Å². The minimum atomic E-state index is -1.26. The fraction of sp³-hybridized carbons (Fsp3) is 0.231. The molecule has 2 aromatic carbocycles. The zero-order valence-electron chi connectivity index (χ0n) is 20.6. The number of aromatic amines is 1. The third-order valence-corrected chi connectivity index (χ3v) is 5.64. The number of amides is 3. The maximum atomic E-state index is 12.9. The van der Waals surface area contributed by atoms with E-state index in [2.05, 4.69) is 10.3 Å². The van der Waals surface area contributed by atoms with E-state index in [1.165, 1.54) is 4.90 Å². The summed E-state index contributed by atoms with van der Waals surface area (Å²) in [6.07, 6.45) is 4.27. The van der Waals surface area contributed by atoms with Crippen LogP contribution in [0.4, 0.5) is 4.79 Å². The smallest absolute Gasteiger partial charge is 0.328 e. The van der Waals surface area contributed by atoms with Gasteiger partial charge in [0.2, 0.25) is 0 Å². The van der Waals surface area contributed by atoms with Gasteiger partial charge in [0.1, 0.15) is 11.8 Å². The number of aromatic nitrogens is 1. The van der Waals surface area contributed by atoms with Crippen LogP contribution in [0.5, 0.6) is 5.75 Å². The van der Waals surface area contributed by atoms with Crippen molar-refractivity contribution in [3.05, 3.63) is 77.5 Å². The van der Waals surface area contributed by atoms with Crippen LogP contribution in [0.3, 0.4) is 0 Å². The molecule has 0 saturated carbocycles. The Bertz CT molecular complexity index is 1320. The average molecular weight is 527 g/mol. The van der Waals surface area contributed by atoms with E-state index >= 15 is 0 Å². The Labute approximate surface area is 218 Å². The minimum Gasteiger partial charge on any atom is -0.497 e. The van der Waals surface area contributed by atoms with Crippen molar-refractivity contribution >= 4 is 34.8 Å². The predicted octanol–water partition coefficient (Wildman–Crippen LogP) is 1.23. The number of carbonyl (C=O) groups excluding carboxylic acids is 2. The number of carboxylic acids is 2. The summed E-state index contributed by atoms with van der Waals surface area (Å²) in [7, 11) is 1.60. The molecule has 3 amide bonds. The molecule has 3 aromatic rings. The van der Waals surface area contributed by atoms with E-state index in [-0.39, 0.29) is 24.0 Å². The lowest BCUT2D eigenvalue weighted by Gasteiger charge is -2.14. The molecule has 1 unspecified atom stereocenters. The second kappa shape index (κ2) is 13.6. The lowest BCUT2D eigenvalue weighted by Crippen LogP contribution is -2.32. The molecule has 1 aliphatic heterocycles. The monoisotopic (exact) mass is 526 g/mol. The van der Waals surface area contributed by atoms with Gasteiger partial charge in [-0.15, -0.1) is 0 Å². The van der Waals surface area contributed by atoms with Gasteiger partial charge in [-0.05, 0) is 53.9 Å². The van der Waals surface area contributed by atoms with E-state index in [1.807, 2.05) is 48.7 Å². The summed E-state index contributed by atoms with van der Waals surface area (Å²) in [5.74, 6) is -2.00. The van der Waals surface area contributed by atoms with E-state index in [0.29, 0.717) is 25.1 Å². The first-order valence-corrected chi connectivity index (χ1v) is 11.4. The standard InChI is InChI=1S/C22H24N4O3.C4H4O4.H2O/c1-29-17-4-2-3-14(9-17)11-20-21(27)26(22(28)25-20)13-15-5-6-19-18(10-15)16(7-8-23)12-24-19;5-3(6)1-2-4(7)8;/h2-6,9-10,12,20,24H,7-8,11,13,23H2,1H3,(H,25,28);1-2H,(H,5,6)(H,7,8);1H2/b;2-1-;. The average Bonchev–Trinajstić information content (AvgIpc) is 3.39. The Morgan fingerprint density at radius 2 is 1.79 bits per heavy atom. The van der Waals surface area contributed by atoms with Gasteiger partial charge in [-0.1, -0.05) is 18.2 Å². The molecule has 0 bridgehead atoms. The molecule has 1 aliphatic rings. The lowest BCUT2D eigenvalue weighted by molar-refractivity contribution is -0.134. The predicted molar refractivity (Wildman–Crippen MR) is 139 cm³/mol. The number of imide groups is 1. The van der Waals surface area contributed by atoms with Crippen molar-refractivity contribution < 1.29 is 39.6 Å². The molecule has 0 radical (unpaired) electrons. The first-order chi connectivity index (χ1) is 17.7. The largest absolute Gasteiger partial charge is 0.497 e. The Balaban J connectivity index is 0.000000493. The van der Waals surface area contributed by atoms with Crippen LogP contribution in [0.25, 0.3) is 10.9 Å². The molecular formula is C26H30N4O8. The molecule has 2 heterocycles. The zero-order valence-corrected chi connectivity index (χ0v) is 20.6. The molecule has 12 heteroatoms. The van der Waals surface area contributed by atoms with E-state index in [0.717, 1.165) is 39.8 Å². The van der Waals surface area contributed by atoms with Crippen LogP contribution < -0.4 is 15.8 Å². The number of urea groups is 1. The SMILES string of the molecule is COc1cccc(CC2NC(=O)N(Cc3ccc4[nH]cc(CCN)c4c3)C2=O)c1.O.O=C(O)/C=C\C(=O)O. The van der Waals surface area contributed by atoms with E-state index in [1.54, 1.807) is 7.11 Å². The van der Waals surface area contributed by atoms with Gasteiger partial charge in [-0.2, -0.15) is 0 Å². The number of methoxy groups -OCH3 is 1. The molecule has 1 atom stereocenters. The van der Waals surface area contributed by atoms with Gasteiger partial charge in [-0.3, -0.25) is 9.69 Å². The van der Waals surface area contributed by atoms with Crippen molar-refractivity contribution in [1.82, 2.24) is 15.2 Å². The summed E-state index contributed by atoms with van der Waals surface area (Å²) in [4.78, 5) is 48.9. The number of carbonyl (C=O) groups is 4. The summed E-state index contributed by atoms with van der Waals surface area (Å²) in [6, 6.07) is 12.5. The second-order valence-electron chi connectivity index (χ2n) is 8.22. The van der Waals surface area contributed by atoms with Crippen molar-refractivity contribution in [2.75, 3.05) is 13.7 Å². The maximum absolute atomic E-state index is 12.9.